The molecule has 160 valence electrons. The van der Waals surface area contributed by atoms with Gasteiger partial charge >= 0.3 is 6.18 Å². The second-order valence-corrected chi connectivity index (χ2v) is 9.03. The molecule has 1 N–H and O–H groups in total. The van der Waals surface area contributed by atoms with Crippen LogP contribution in [0.1, 0.15) is 57.1 Å². The van der Waals surface area contributed by atoms with Gasteiger partial charge in [-0.05, 0) is 45.6 Å². The standard InChI is InChI=1S/C20H22F3N5O2/c1-12-9-27-13(14-8-25-16(28(12)14)17(2,29)20(21,22)23)7-15(26-27)19-5-3-18(10-24,4-6-19)11-30-19/h7-8,12,29H,3-6,9,11H2,1-2H3/t12-,17+,18?,19?/m0/s1. The van der Waals surface area contributed by atoms with Gasteiger partial charge in [0.1, 0.15) is 5.60 Å². The van der Waals surface area contributed by atoms with E-state index in [1.54, 1.807) is 11.6 Å². The molecule has 2 atom stereocenters. The van der Waals surface area contributed by atoms with Crippen LogP contribution in [0, 0.1) is 16.7 Å². The zero-order chi connectivity index (χ0) is 21.5. The van der Waals surface area contributed by atoms with Crippen LogP contribution in [0.5, 0.6) is 0 Å². The molecule has 2 saturated heterocycles. The molecule has 3 fully saturated rings. The van der Waals surface area contributed by atoms with Gasteiger partial charge < -0.3 is 14.4 Å². The minimum atomic E-state index is -4.85. The molecule has 10 heteroatoms. The van der Waals surface area contributed by atoms with Crippen molar-refractivity contribution in [3.63, 3.8) is 0 Å². The Morgan fingerprint density at radius 1 is 1.27 bits per heavy atom. The van der Waals surface area contributed by atoms with Crippen LogP contribution in [-0.2, 0) is 22.5 Å². The van der Waals surface area contributed by atoms with Crippen molar-refractivity contribution in [1.82, 2.24) is 19.3 Å². The molecule has 7 nitrogen and oxygen atoms in total. The van der Waals surface area contributed by atoms with Crippen molar-refractivity contribution in [2.75, 3.05) is 6.61 Å². The van der Waals surface area contributed by atoms with Gasteiger partial charge in [0.2, 0.25) is 5.60 Å². The lowest BCUT2D eigenvalue weighted by atomic mass is 9.66. The lowest BCUT2D eigenvalue weighted by Gasteiger charge is -2.49. The number of hydrogen-bond donors (Lipinski definition) is 1. The van der Waals surface area contributed by atoms with Crippen molar-refractivity contribution < 1.29 is 23.0 Å². The Morgan fingerprint density at radius 2 is 1.97 bits per heavy atom. The molecule has 4 aliphatic rings. The molecule has 2 bridgehead atoms. The van der Waals surface area contributed by atoms with E-state index in [0.717, 1.165) is 25.5 Å². The number of nitriles is 1. The van der Waals surface area contributed by atoms with E-state index in [-0.39, 0.29) is 6.04 Å². The van der Waals surface area contributed by atoms with Crippen LogP contribution in [-0.4, -0.2) is 37.2 Å². The van der Waals surface area contributed by atoms with Crippen LogP contribution in [0.15, 0.2) is 12.3 Å². The molecular formula is C20H22F3N5O2. The maximum Gasteiger partial charge on any atom is 0.424 e. The van der Waals surface area contributed by atoms with Gasteiger partial charge in [-0.2, -0.15) is 23.5 Å². The Balaban J connectivity index is 1.56. The molecule has 3 aliphatic heterocycles. The smallest absolute Gasteiger partial charge is 0.374 e. The zero-order valence-corrected chi connectivity index (χ0v) is 16.7. The molecule has 0 unspecified atom stereocenters. The monoisotopic (exact) mass is 421 g/mol. The fourth-order valence-corrected chi connectivity index (χ4v) is 4.97. The Bertz CT molecular complexity index is 1040. The van der Waals surface area contributed by atoms with Crippen molar-refractivity contribution >= 4 is 0 Å². The second kappa shape index (κ2) is 5.86. The summed E-state index contributed by atoms with van der Waals surface area (Å²) in [5, 5.41) is 24.4. The number of alkyl halides is 3. The molecule has 0 radical (unpaired) electrons. The first-order valence-electron chi connectivity index (χ1n) is 10.0. The van der Waals surface area contributed by atoms with Crippen molar-refractivity contribution in [3.8, 4) is 17.5 Å². The topological polar surface area (TPSA) is 88.9 Å². The van der Waals surface area contributed by atoms with Crippen molar-refractivity contribution in [3.05, 3.63) is 23.8 Å². The Hall–Kier alpha value is -2.38. The van der Waals surface area contributed by atoms with E-state index in [0.29, 0.717) is 37.4 Å². The van der Waals surface area contributed by atoms with Gasteiger partial charge in [0, 0.05) is 0 Å². The minimum Gasteiger partial charge on any atom is -0.374 e. The van der Waals surface area contributed by atoms with E-state index in [1.165, 1.54) is 10.8 Å². The number of fused-ring (bicyclic) bond motifs is 6. The average Bonchev–Trinajstić information content (AvgIpc) is 3.34. The third kappa shape index (κ3) is 2.45. The summed E-state index contributed by atoms with van der Waals surface area (Å²) in [6.45, 7) is 3.24. The van der Waals surface area contributed by atoms with Crippen LogP contribution in [0.2, 0.25) is 0 Å². The third-order valence-corrected chi connectivity index (χ3v) is 7.05. The van der Waals surface area contributed by atoms with Gasteiger partial charge in [-0.15, -0.1) is 0 Å². The quantitative estimate of drug-likeness (QED) is 0.803. The van der Waals surface area contributed by atoms with Gasteiger partial charge in [-0.1, -0.05) is 0 Å². The van der Waals surface area contributed by atoms with Crippen LogP contribution in [0.25, 0.3) is 11.4 Å². The summed E-state index contributed by atoms with van der Waals surface area (Å²) < 4.78 is 49.7. The van der Waals surface area contributed by atoms with Crippen LogP contribution < -0.4 is 0 Å². The first kappa shape index (κ1) is 19.6. The molecular weight excluding hydrogens is 399 g/mol. The maximum atomic E-state index is 13.4. The highest BCUT2D eigenvalue weighted by molar-refractivity contribution is 5.58. The lowest BCUT2D eigenvalue weighted by molar-refractivity contribution is -0.262. The summed E-state index contributed by atoms with van der Waals surface area (Å²) in [5.74, 6) is -0.421. The number of halogens is 3. The van der Waals surface area contributed by atoms with E-state index in [4.69, 9.17) is 9.84 Å². The first-order chi connectivity index (χ1) is 14.0. The summed E-state index contributed by atoms with van der Waals surface area (Å²) in [7, 11) is 0. The molecule has 30 heavy (non-hydrogen) atoms. The molecule has 5 heterocycles. The predicted molar refractivity (Wildman–Crippen MR) is 97.9 cm³/mol. The van der Waals surface area contributed by atoms with Gasteiger partial charge in [-0.3, -0.25) is 4.68 Å². The molecule has 6 rings (SSSR count). The predicted octanol–water partition coefficient (Wildman–Crippen LogP) is 3.40. The van der Waals surface area contributed by atoms with Crippen molar-refractivity contribution in [2.24, 2.45) is 5.41 Å². The average molecular weight is 421 g/mol. The van der Waals surface area contributed by atoms with Crippen molar-refractivity contribution in [2.45, 2.75) is 69.5 Å². The summed E-state index contributed by atoms with van der Waals surface area (Å²) in [4.78, 5) is 3.96. The minimum absolute atomic E-state index is 0.359. The lowest BCUT2D eigenvalue weighted by Crippen LogP contribution is -2.48. The molecule has 0 spiro atoms. The normalized spacial score (nSPS) is 32.2. The number of aliphatic hydroxyl groups is 1. The molecule has 2 aromatic rings. The molecule has 2 aromatic heterocycles. The summed E-state index contributed by atoms with van der Waals surface area (Å²) >= 11 is 0. The number of imidazole rings is 1. The van der Waals surface area contributed by atoms with E-state index in [9.17, 15) is 23.5 Å². The molecule has 1 aliphatic carbocycles. The number of hydrogen-bond acceptors (Lipinski definition) is 5. The van der Waals surface area contributed by atoms with Gasteiger partial charge in [0.15, 0.2) is 5.82 Å². The third-order valence-electron chi connectivity index (χ3n) is 7.05. The highest BCUT2D eigenvalue weighted by Gasteiger charge is 2.55. The Labute approximate surface area is 171 Å². The largest absolute Gasteiger partial charge is 0.424 e. The second-order valence-electron chi connectivity index (χ2n) is 9.03. The van der Waals surface area contributed by atoms with Crippen LogP contribution in [0.4, 0.5) is 13.2 Å². The van der Waals surface area contributed by atoms with Gasteiger partial charge in [0.25, 0.3) is 0 Å². The van der Waals surface area contributed by atoms with Gasteiger partial charge in [0.05, 0.1) is 54.0 Å². The number of nitrogens with zero attached hydrogens (tertiary/aromatic N) is 5. The SMILES string of the molecule is C[C@H]1Cn2nc(C34CCC(C#N)(CC3)CO4)cc2-c2cnc([C@@](C)(O)C(F)(F)F)n21. The highest BCUT2D eigenvalue weighted by atomic mass is 19.4. The fourth-order valence-electron chi connectivity index (χ4n) is 4.97. The number of aromatic nitrogens is 4. The summed E-state index contributed by atoms with van der Waals surface area (Å²) in [5.41, 5.74) is -2.14. The highest BCUT2D eigenvalue weighted by Crippen LogP contribution is 2.53. The van der Waals surface area contributed by atoms with Crippen LogP contribution >= 0.6 is 0 Å². The number of rotatable bonds is 2. The summed E-state index contributed by atoms with van der Waals surface area (Å²) in [6, 6.07) is 3.88. The zero-order valence-electron chi connectivity index (χ0n) is 16.7. The molecule has 0 amide bonds. The Kier molecular flexibility index (Phi) is 3.82. The van der Waals surface area contributed by atoms with Crippen LogP contribution in [0.3, 0.4) is 0 Å². The van der Waals surface area contributed by atoms with E-state index in [2.05, 4.69) is 11.1 Å². The summed E-state index contributed by atoms with van der Waals surface area (Å²) in [6.07, 6.45) is -0.595. The number of ether oxygens (including phenoxy) is 1. The van der Waals surface area contributed by atoms with E-state index >= 15 is 0 Å². The van der Waals surface area contributed by atoms with E-state index < -0.39 is 28.6 Å². The molecule has 0 aromatic carbocycles. The van der Waals surface area contributed by atoms with Gasteiger partial charge in [-0.25, -0.2) is 4.98 Å². The first-order valence-corrected chi connectivity index (χ1v) is 10.0. The van der Waals surface area contributed by atoms with E-state index in [1.807, 2.05) is 6.07 Å². The molecule has 1 saturated carbocycles. The Morgan fingerprint density at radius 3 is 2.53 bits per heavy atom. The fraction of sp³-hybridized carbons (Fsp3) is 0.650. The maximum absolute atomic E-state index is 13.4. The van der Waals surface area contributed by atoms with Crippen molar-refractivity contribution in [1.29, 1.82) is 5.26 Å².